The summed E-state index contributed by atoms with van der Waals surface area (Å²) in [6.07, 6.45) is 1.73. The molecule has 210 valence electrons. The maximum absolute atomic E-state index is 13.5. The van der Waals surface area contributed by atoms with Crippen LogP contribution in [0.25, 0.3) is 0 Å². The number of carbonyl (C=O) groups is 2. The van der Waals surface area contributed by atoms with Crippen LogP contribution in [0.5, 0.6) is 5.75 Å². The van der Waals surface area contributed by atoms with E-state index in [1.807, 2.05) is 39.8 Å². The Morgan fingerprint density at radius 3 is 2.24 bits per heavy atom. The van der Waals surface area contributed by atoms with Crippen molar-refractivity contribution >= 4 is 50.7 Å². The zero-order valence-electron chi connectivity index (χ0n) is 22.8. The van der Waals surface area contributed by atoms with E-state index in [1.54, 1.807) is 30.2 Å². The number of hydrogen-bond donors (Lipinski definition) is 1. The molecule has 0 fully saturated rings. The van der Waals surface area contributed by atoms with E-state index in [2.05, 4.69) is 5.32 Å². The topological polar surface area (TPSA) is 96.0 Å². The standard InChI is InChI=1S/C27H37Cl2N3O5S/c1-7-23(26(34)30-27(2,3)4)31(18-19-10-13-21(37-5)14-11-19)25(33)9-8-16-32(38(6,35)36)24-17-20(28)12-15-22(24)29/h10-15,17,23H,7-9,16,18H2,1-6H3,(H,30,34)/t23-/m1/s1. The molecular weight excluding hydrogens is 549 g/mol. The van der Waals surface area contributed by atoms with Crippen LogP contribution in [0.4, 0.5) is 5.69 Å². The van der Waals surface area contributed by atoms with E-state index in [0.717, 1.165) is 16.1 Å². The van der Waals surface area contributed by atoms with Crippen LogP contribution in [0.2, 0.25) is 10.0 Å². The van der Waals surface area contributed by atoms with Crippen LogP contribution in [-0.2, 0) is 26.2 Å². The Kier molecular flexibility index (Phi) is 11.3. The molecule has 2 aromatic carbocycles. The first-order chi connectivity index (χ1) is 17.7. The Balaban J connectivity index is 2.28. The van der Waals surface area contributed by atoms with E-state index in [9.17, 15) is 18.0 Å². The predicted octanol–water partition coefficient (Wildman–Crippen LogP) is 5.27. The molecule has 2 amide bonds. The number of halogens is 2. The minimum atomic E-state index is -3.70. The number of ether oxygens (including phenoxy) is 1. The van der Waals surface area contributed by atoms with Crippen molar-refractivity contribution in [1.29, 1.82) is 0 Å². The number of anilines is 1. The van der Waals surface area contributed by atoms with E-state index < -0.39 is 21.6 Å². The Morgan fingerprint density at radius 1 is 1.08 bits per heavy atom. The van der Waals surface area contributed by atoms with Gasteiger partial charge in [0.15, 0.2) is 0 Å². The van der Waals surface area contributed by atoms with Crippen molar-refractivity contribution in [2.45, 2.75) is 65.1 Å². The van der Waals surface area contributed by atoms with Gasteiger partial charge in [-0.25, -0.2) is 8.42 Å². The minimum Gasteiger partial charge on any atom is -0.497 e. The zero-order valence-corrected chi connectivity index (χ0v) is 25.1. The van der Waals surface area contributed by atoms with Crippen LogP contribution in [-0.4, -0.2) is 56.6 Å². The predicted molar refractivity (Wildman–Crippen MR) is 153 cm³/mol. The summed E-state index contributed by atoms with van der Waals surface area (Å²) in [5, 5.41) is 3.55. The summed E-state index contributed by atoms with van der Waals surface area (Å²) in [6.45, 7) is 7.74. The summed E-state index contributed by atoms with van der Waals surface area (Å²) in [6, 6.07) is 11.2. The molecule has 0 aliphatic carbocycles. The Bertz CT molecular complexity index is 1210. The van der Waals surface area contributed by atoms with Gasteiger partial charge in [-0.3, -0.25) is 13.9 Å². The average molecular weight is 587 g/mol. The first-order valence-corrected chi connectivity index (χ1v) is 14.9. The Hall–Kier alpha value is -2.49. The second-order valence-electron chi connectivity index (χ2n) is 10.1. The Morgan fingerprint density at radius 2 is 1.71 bits per heavy atom. The van der Waals surface area contributed by atoms with E-state index in [0.29, 0.717) is 17.2 Å². The number of methoxy groups -OCH3 is 1. The molecule has 0 aliphatic rings. The lowest BCUT2D eigenvalue weighted by Gasteiger charge is -2.33. The van der Waals surface area contributed by atoms with Gasteiger partial charge in [-0.05, 0) is 69.5 Å². The fraction of sp³-hybridized carbons (Fsp3) is 0.481. The van der Waals surface area contributed by atoms with Crippen molar-refractivity contribution in [1.82, 2.24) is 10.2 Å². The summed E-state index contributed by atoms with van der Waals surface area (Å²) in [4.78, 5) is 28.2. The third-order valence-electron chi connectivity index (χ3n) is 5.73. The van der Waals surface area contributed by atoms with Gasteiger partial charge in [0.25, 0.3) is 0 Å². The lowest BCUT2D eigenvalue weighted by molar-refractivity contribution is -0.142. The highest BCUT2D eigenvalue weighted by atomic mass is 35.5. The van der Waals surface area contributed by atoms with Crippen LogP contribution < -0.4 is 14.4 Å². The molecular formula is C27H37Cl2N3O5S. The second-order valence-corrected chi connectivity index (χ2v) is 12.8. The van der Waals surface area contributed by atoms with Gasteiger partial charge in [-0.1, -0.05) is 42.3 Å². The lowest BCUT2D eigenvalue weighted by Crippen LogP contribution is -2.53. The van der Waals surface area contributed by atoms with E-state index in [1.165, 1.54) is 12.1 Å². The third kappa shape index (κ3) is 9.36. The van der Waals surface area contributed by atoms with Gasteiger partial charge >= 0.3 is 0 Å². The van der Waals surface area contributed by atoms with Gasteiger partial charge in [-0.15, -0.1) is 0 Å². The summed E-state index contributed by atoms with van der Waals surface area (Å²) < 4.78 is 31.4. The normalized spacial score (nSPS) is 12.5. The molecule has 2 aromatic rings. The number of benzene rings is 2. The molecule has 0 saturated carbocycles. The maximum atomic E-state index is 13.5. The van der Waals surface area contributed by atoms with Crippen LogP contribution in [0.15, 0.2) is 42.5 Å². The molecule has 0 aliphatic heterocycles. The van der Waals surface area contributed by atoms with Crippen LogP contribution in [0.1, 0.15) is 52.5 Å². The van der Waals surface area contributed by atoms with Crippen LogP contribution in [0.3, 0.4) is 0 Å². The maximum Gasteiger partial charge on any atom is 0.243 e. The molecule has 0 spiro atoms. The van der Waals surface area contributed by atoms with Gasteiger partial charge in [0.05, 0.1) is 24.1 Å². The molecule has 0 unspecified atom stereocenters. The molecule has 0 radical (unpaired) electrons. The van der Waals surface area contributed by atoms with Crippen molar-refractivity contribution in [2.75, 3.05) is 24.2 Å². The summed E-state index contributed by atoms with van der Waals surface area (Å²) in [5.74, 6) is 0.178. The molecule has 2 rings (SSSR count). The molecule has 1 atom stereocenters. The van der Waals surface area contributed by atoms with Gasteiger partial charge in [0.1, 0.15) is 11.8 Å². The van der Waals surface area contributed by atoms with Crippen molar-refractivity contribution < 1.29 is 22.7 Å². The minimum absolute atomic E-state index is 0.0198. The SMILES string of the molecule is CC[C@H](C(=O)NC(C)(C)C)N(Cc1ccc(OC)cc1)C(=O)CCCN(c1cc(Cl)ccc1Cl)S(C)(=O)=O. The second kappa shape index (κ2) is 13.5. The number of sulfonamides is 1. The molecule has 1 N–H and O–H groups in total. The number of nitrogens with one attached hydrogen (secondary N) is 1. The summed E-state index contributed by atoms with van der Waals surface area (Å²) in [5.41, 5.74) is 0.621. The highest BCUT2D eigenvalue weighted by Gasteiger charge is 2.31. The third-order valence-corrected chi connectivity index (χ3v) is 7.46. The zero-order chi connectivity index (χ0) is 28.7. The molecule has 38 heavy (non-hydrogen) atoms. The van der Waals surface area contributed by atoms with Crippen molar-refractivity contribution in [3.05, 3.63) is 58.1 Å². The van der Waals surface area contributed by atoms with Gasteiger partial charge < -0.3 is 15.0 Å². The average Bonchev–Trinajstić information content (AvgIpc) is 2.81. The fourth-order valence-corrected chi connectivity index (χ4v) is 5.36. The lowest BCUT2D eigenvalue weighted by atomic mass is 10.0. The van der Waals surface area contributed by atoms with Gasteiger partial charge in [0.2, 0.25) is 21.8 Å². The van der Waals surface area contributed by atoms with E-state index in [4.69, 9.17) is 27.9 Å². The largest absolute Gasteiger partial charge is 0.497 e. The number of rotatable bonds is 12. The van der Waals surface area contributed by atoms with Crippen molar-refractivity contribution in [3.8, 4) is 5.75 Å². The molecule has 11 heteroatoms. The van der Waals surface area contributed by atoms with Gasteiger partial charge in [0, 0.05) is 30.1 Å². The van der Waals surface area contributed by atoms with Crippen LogP contribution >= 0.6 is 23.2 Å². The quantitative estimate of drug-likeness (QED) is 0.366. The monoisotopic (exact) mass is 585 g/mol. The van der Waals surface area contributed by atoms with Gasteiger partial charge in [-0.2, -0.15) is 0 Å². The fourth-order valence-electron chi connectivity index (χ4n) is 3.96. The number of amides is 2. The molecule has 0 aromatic heterocycles. The summed E-state index contributed by atoms with van der Waals surface area (Å²) >= 11 is 12.3. The molecule has 8 nitrogen and oxygen atoms in total. The molecule has 0 heterocycles. The Labute approximate surface area is 236 Å². The van der Waals surface area contributed by atoms with E-state index in [-0.39, 0.29) is 48.5 Å². The van der Waals surface area contributed by atoms with Crippen molar-refractivity contribution in [2.24, 2.45) is 0 Å². The van der Waals surface area contributed by atoms with Crippen LogP contribution in [0, 0.1) is 0 Å². The molecule has 0 saturated heterocycles. The first kappa shape index (κ1) is 31.7. The summed E-state index contributed by atoms with van der Waals surface area (Å²) in [7, 11) is -2.12. The number of carbonyl (C=O) groups excluding carboxylic acids is 2. The highest BCUT2D eigenvalue weighted by Crippen LogP contribution is 2.31. The molecule has 0 bridgehead atoms. The number of nitrogens with zero attached hydrogens (tertiary/aromatic N) is 2. The highest BCUT2D eigenvalue weighted by molar-refractivity contribution is 7.92. The number of hydrogen-bond acceptors (Lipinski definition) is 5. The van der Waals surface area contributed by atoms with E-state index >= 15 is 0 Å². The first-order valence-electron chi connectivity index (χ1n) is 12.3. The smallest absolute Gasteiger partial charge is 0.243 e. The van der Waals surface area contributed by atoms with Crippen molar-refractivity contribution in [3.63, 3.8) is 0 Å².